The Hall–Kier alpha value is -1.82. The molecule has 0 aliphatic carbocycles. The highest BCUT2D eigenvalue weighted by molar-refractivity contribution is 5.58. The van der Waals surface area contributed by atoms with E-state index >= 15 is 0 Å². The fourth-order valence-electron chi connectivity index (χ4n) is 2.18. The van der Waals surface area contributed by atoms with Gasteiger partial charge in [-0.15, -0.1) is 0 Å². The number of likely N-dealkylation sites (N-methyl/N-ethyl adjacent to an activating group) is 1. The van der Waals surface area contributed by atoms with E-state index in [0.29, 0.717) is 11.8 Å². The smallest absolute Gasteiger partial charge is 0.275 e. The van der Waals surface area contributed by atoms with E-state index in [4.69, 9.17) is 4.74 Å². The average Bonchev–Trinajstić information content (AvgIpc) is 2.91. The normalized spacial score (nSPS) is 18.7. The molecule has 0 saturated carbocycles. The predicted molar refractivity (Wildman–Crippen MR) is 69.3 cm³/mol. The Morgan fingerprint density at radius 3 is 2.83 bits per heavy atom. The summed E-state index contributed by atoms with van der Waals surface area (Å²) < 4.78 is 5.11. The maximum atomic E-state index is 10.9. The fourth-order valence-corrected chi connectivity index (χ4v) is 2.18. The highest BCUT2D eigenvalue weighted by Gasteiger charge is 2.21. The Bertz CT molecular complexity index is 444. The molecule has 0 radical (unpaired) electrons. The van der Waals surface area contributed by atoms with Crippen LogP contribution in [0.15, 0.2) is 18.2 Å². The van der Waals surface area contributed by atoms with Crippen LogP contribution in [-0.4, -0.2) is 38.2 Å². The summed E-state index contributed by atoms with van der Waals surface area (Å²) in [5.74, 6) is 0.511. The number of benzene rings is 1. The van der Waals surface area contributed by atoms with Gasteiger partial charge in [-0.1, -0.05) is 0 Å². The molecule has 1 fully saturated rings. The molecule has 1 atom stereocenters. The lowest BCUT2D eigenvalue weighted by molar-refractivity contribution is -0.384. The molecule has 0 amide bonds. The van der Waals surface area contributed by atoms with Gasteiger partial charge in [0.15, 0.2) is 0 Å². The molecule has 0 aromatic heterocycles. The maximum absolute atomic E-state index is 10.9. The van der Waals surface area contributed by atoms with E-state index in [1.165, 1.54) is 13.2 Å². The Kier molecular flexibility index (Phi) is 3.66. The van der Waals surface area contributed by atoms with Gasteiger partial charge in [0.1, 0.15) is 5.75 Å². The van der Waals surface area contributed by atoms with Crippen LogP contribution in [0.2, 0.25) is 0 Å². The van der Waals surface area contributed by atoms with Crippen LogP contribution in [0.4, 0.5) is 11.4 Å². The minimum absolute atomic E-state index is 0.0576. The second-order valence-corrected chi connectivity index (χ2v) is 4.40. The van der Waals surface area contributed by atoms with Crippen molar-refractivity contribution in [3.8, 4) is 5.75 Å². The summed E-state index contributed by atoms with van der Waals surface area (Å²) in [5, 5.41) is 14.2. The second-order valence-electron chi connectivity index (χ2n) is 4.40. The largest absolute Gasteiger partial charge is 0.496 e. The molecule has 18 heavy (non-hydrogen) atoms. The monoisotopic (exact) mass is 251 g/mol. The number of anilines is 1. The molecule has 1 aliphatic heterocycles. The zero-order valence-corrected chi connectivity index (χ0v) is 10.5. The van der Waals surface area contributed by atoms with Crippen molar-refractivity contribution in [3.63, 3.8) is 0 Å². The molecular formula is C12H17N3O3. The van der Waals surface area contributed by atoms with Gasteiger partial charge < -0.3 is 15.0 Å². The number of hydrogen-bond acceptors (Lipinski definition) is 5. The molecule has 1 N–H and O–H groups in total. The first-order valence-electron chi connectivity index (χ1n) is 5.89. The summed E-state index contributed by atoms with van der Waals surface area (Å²) in [5.41, 5.74) is 0.872. The van der Waals surface area contributed by atoms with Crippen molar-refractivity contribution >= 4 is 11.4 Å². The van der Waals surface area contributed by atoms with Crippen LogP contribution >= 0.6 is 0 Å². The lowest BCUT2D eigenvalue weighted by atomic mass is 10.2. The zero-order valence-electron chi connectivity index (χ0n) is 10.5. The predicted octanol–water partition coefficient (Wildman–Crippen LogP) is 1.40. The molecule has 1 saturated heterocycles. The van der Waals surface area contributed by atoms with E-state index in [1.54, 1.807) is 6.07 Å². The molecule has 0 bridgehead atoms. The van der Waals surface area contributed by atoms with E-state index in [0.717, 1.165) is 25.2 Å². The first kappa shape index (κ1) is 12.6. The summed E-state index contributed by atoms with van der Waals surface area (Å²) in [6.07, 6.45) is 1.04. The van der Waals surface area contributed by atoms with Gasteiger partial charge in [-0.3, -0.25) is 10.1 Å². The highest BCUT2D eigenvalue weighted by Crippen LogP contribution is 2.29. The summed E-state index contributed by atoms with van der Waals surface area (Å²) in [6.45, 7) is 1.89. The van der Waals surface area contributed by atoms with Crippen LogP contribution in [0, 0.1) is 10.1 Å². The molecule has 98 valence electrons. The quantitative estimate of drug-likeness (QED) is 0.647. The molecule has 1 aromatic rings. The van der Waals surface area contributed by atoms with Gasteiger partial charge >= 0.3 is 0 Å². The van der Waals surface area contributed by atoms with Crippen molar-refractivity contribution < 1.29 is 9.66 Å². The topological polar surface area (TPSA) is 67.6 Å². The number of nitrogens with zero attached hydrogens (tertiary/aromatic N) is 2. The van der Waals surface area contributed by atoms with Gasteiger partial charge in [0.25, 0.3) is 5.69 Å². The number of methoxy groups -OCH3 is 1. The Labute approximate surface area is 106 Å². The number of hydrogen-bond donors (Lipinski definition) is 1. The highest BCUT2D eigenvalue weighted by atomic mass is 16.6. The van der Waals surface area contributed by atoms with Crippen molar-refractivity contribution in [1.82, 2.24) is 5.32 Å². The fraction of sp³-hybridized carbons (Fsp3) is 0.500. The lowest BCUT2D eigenvalue weighted by Crippen LogP contribution is -2.33. The number of nitrogens with one attached hydrogen (secondary N) is 1. The number of non-ortho nitro benzene ring substituents is 1. The Morgan fingerprint density at radius 2 is 2.28 bits per heavy atom. The van der Waals surface area contributed by atoms with Crippen molar-refractivity contribution in [1.29, 1.82) is 0 Å². The van der Waals surface area contributed by atoms with Crippen molar-refractivity contribution in [2.75, 3.05) is 32.1 Å². The van der Waals surface area contributed by atoms with Gasteiger partial charge in [0.05, 0.1) is 18.1 Å². The Balaban J connectivity index is 2.30. The Morgan fingerprint density at radius 1 is 1.50 bits per heavy atom. The zero-order chi connectivity index (χ0) is 13.1. The third kappa shape index (κ3) is 2.53. The molecule has 1 heterocycles. The number of nitro benzene ring substituents is 1. The summed E-state index contributed by atoms with van der Waals surface area (Å²) in [6, 6.07) is 5.22. The minimum atomic E-state index is -0.396. The molecular weight excluding hydrogens is 234 g/mol. The van der Waals surface area contributed by atoms with E-state index in [2.05, 4.69) is 10.2 Å². The van der Waals surface area contributed by atoms with Gasteiger partial charge in [-0.25, -0.2) is 0 Å². The minimum Gasteiger partial charge on any atom is -0.496 e. The van der Waals surface area contributed by atoms with Crippen molar-refractivity contribution in [2.45, 2.75) is 12.5 Å². The van der Waals surface area contributed by atoms with Crippen LogP contribution in [-0.2, 0) is 0 Å². The van der Waals surface area contributed by atoms with Crippen molar-refractivity contribution in [3.05, 3.63) is 28.3 Å². The van der Waals surface area contributed by atoms with Gasteiger partial charge in [-0.05, 0) is 13.0 Å². The molecule has 1 unspecified atom stereocenters. The summed E-state index contributed by atoms with van der Waals surface area (Å²) >= 11 is 0. The first-order chi connectivity index (χ1) is 8.61. The standard InChI is InChI=1S/C12H17N3O3/c1-14(9-3-4-13-8-9)10-5-11(15(16)17)7-12(6-10)18-2/h5-7,9,13H,3-4,8H2,1-2H3. The van der Waals surface area contributed by atoms with Gasteiger partial charge in [0, 0.05) is 37.5 Å². The van der Waals surface area contributed by atoms with Crippen LogP contribution in [0.3, 0.4) is 0 Å². The molecule has 1 aliphatic rings. The lowest BCUT2D eigenvalue weighted by Gasteiger charge is -2.26. The molecule has 6 nitrogen and oxygen atoms in total. The van der Waals surface area contributed by atoms with E-state index in [1.807, 2.05) is 13.1 Å². The first-order valence-corrected chi connectivity index (χ1v) is 5.89. The number of rotatable bonds is 4. The molecule has 2 rings (SSSR count). The maximum Gasteiger partial charge on any atom is 0.275 e. The van der Waals surface area contributed by atoms with Crippen LogP contribution < -0.4 is 15.0 Å². The third-order valence-electron chi connectivity index (χ3n) is 3.31. The van der Waals surface area contributed by atoms with Crippen LogP contribution in [0.5, 0.6) is 5.75 Å². The van der Waals surface area contributed by atoms with Crippen LogP contribution in [0.1, 0.15) is 6.42 Å². The number of nitro groups is 1. The SMILES string of the molecule is COc1cc(N(C)C2CCNC2)cc([N+](=O)[O-])c1. The molecule has 6 heteroatoms. The van der Waals surface area contributed by atoms with Gasteiger partial charge in [-0.2, -0.15) is 0 Å². The average molecular weight is 251 g/mol. The summed E-state index contributed by atoms with van der Waals surface area (Å²) in [7, 11) is 3.47. The molecule has 1 aromatic carbocycles. The second kappa shape index (κ2) is 5.22. The molecule has 0 spiro atoms. The number of ether oxygens (including phenoxy) is 1. The summed E-state index contributed by atoms with van der Waals surface area (Å²) in [4.78, 5) is 12.6. The van der Waals surface area contributed by atoms with Gasteiger partial charge in [0.2, 0.25) is 0 Å². The van der Waals surface area contributed by atoms with Crippen LogP contribution in [0.25, 0.3) is 0 Å². The van der Waals surface area contributed by atoms with E-state index < -0.39 is 4.92 Å². The van der Waals surface area contributed by atoms with Crippen molar-refractivity contribution in [2.24, 2.45) is 0 Å². The van der Waals surface area contributed by atoms with E-state index in [-0.39, 0.29) is 5.69 Å². The third-order valence-corrected chi connectivity index (χ3v) is 3.31. The van der Waals surface area contributed by atoms with E-state index in [9.17, 15) is 10.1 Å².